The molecule has 1 aliphatic carbocycles. The number of thiazole rings is 1. The topological polar surface area (TPSA) is 125 Å². The number of carbonyl (C=O) groups excluding carboxylic acids is 2. The first-order chi connectivity index (χ1) is 22.4. The van der Waals surface area contributed by atoms with Gasteiger partial charge in [-0.1, -0.05) is 68.7 Å². The van der Waals surface area contributed by atoms with Crippen molar-refractivity contribution in [2.45, 2.75) is 111 Å². The van der Waals surface area contributed by atoms with Crippen molar-refractivity contribution in [3.05, 3.63) is 53.6 Å². The van der Waals surface area contributed by atoms with Crippen LogP contribution in [-0.4, -0.2) is 65.7 Å². The molecule has 0 saturated heterocycles. The molecule has 1 aliphatic rings. The molecule has 10 nitrogen and oxygen atoms in total. The van der Waals surface area contributed by atoms with E-state index in [0.717, 1.165) is 47.3 Å². The number of hydrogen-bond acceptors (Lipinski definition) is 9. The van der Waals surface area contributed by atoms with Crippen LogP contribution in [0, 0.1) is 5.92 Å². The van der Waals surface area contributed by atoms with Gasteiger partial charge in [-0.3, -0.25) is 10.1 Å². The number of nitrogens with one attached hydrogen (secondary N) is 1. The van der Waals surface area contributed by atoms with Gasteiger partial charge in [0.1, 0.15) is 11.4 Å². The van der Waals surface area contributed by atoms with Crippen LogP contribution in [-0.2, 0) is 32.0 Å². The zero-order valence-electron chi connectivity index (χ0n) is 28.8. The van der Waals surface area contributed by atoms with E-state index in [1.54, 1.807) is 4.90 Å². The van der Waals surface area contributed by atoms with E-state index in [9.17, 15) is 9.59 Å². The second-order valence-electron chi connectivity index (χ2n) is 13.6. The molecule has 2 atom stereocenters. The zero-order chi connectivity index (χ0) is 34.0. The van der Waals surface area contributed by atoms with E-state index in [1.807, 2.05) is 70.2 Å². The minimum absolute atomic E-state index is 0.103. The van der Waals surface area contributed by atoms with Gasteiger partial charge < -0.3 is 29.6 Å². The Morgan fingerprint density at radius 2 is 1.81 bits per heavy atom. The largest absolute Gasteiger partial charge is 0.493 e. The fourth-order valence-corrected chi connectivity index (χ4v) is 6.39. The predicted octanol–water partition coefficient (Wildman–Crippen LogP) is 7.29. The van der Waals surface area contributed by atoms with E-state index in [-0.39, 0.29) is 25.1 Å². The molecule has 0 aliphatic heterocycles. The van der Waals surface area contributed by atoms with Crippen LogP contribution in [0.15, 0.2) is 42.5 Å². The molecule has 2 aromatic carbocycles. The van der Waals surface area contributed by atoms with Gasteiger partial charge in [-0.25, -0.2) is 9.78 Å². The number of hydrogen-bond donors (Lipinski definition) is 2. The van der Waals surface area contributed by atoms with Gasteiger partial charge >= 0.3 is 6.09 Å². The molecule has 47 heavy (non-hydrogen) atoms. The average Bonchev–Trinajstić information content (AvgIpc) is 3.42. The summed E-state index contributed by atoms with van der Waals surface area (Å²) in [6.07, 6.45) is 4.76. The van der Waals surface area contributed by atoms with Crippen molar-refractivity contribution in [3.63, 3.8) is 0 Å². The predicted molar refractivity (Wildman–Crippen MR) is 187 cm³/mol. The summed E-state index contributed by atoms with van der Waals surface area (Å²) in [6, 6.07) is 12.8. The van der Waals surface area contributed by atoms with E-state index in [4.69, 9.17) is 29.7 Å². The summed E-state index contributed by atoms with van der Waals surface area (Å²) in [5, 5.41) is 3.17. The maximum absolute atomic E-state index is 14.1. The second kappa shape index (κ2) is 17.2. The van der Waals surface area contributed by atoms with Gasteiger partial charge in [-0.2, -0.15) is 0 Å². The third kappa shape index (κ3) is 11.7. The van der Waals surface area contributed by atoms with Crippen LogP contribution in [0.1, 0.15) is 84.8 Å². The number of aromatic nitrogens is 1. The normalized spacial score (nSPS) is 15.4. The van der Waals surface area contributed by atoms with E-state index in [0.29, 0.717) is 36.2 Å². The first-order valence-electron chi connectivity index (χ1n) is 16.8. The number of nitrogens with two attached hydrogens (primary N) is 1. The van der Waals surface area contributed by atoms with Crippen molar-refractivity contribution in [1.29, 1.82) is 0 Å². The maximum Gasteiger partial charge on any atom is 0.413 e. The number of rotatable bonds is 15. The first kappa shape index (κ1) is 36.6. The monoisotopic (exact) mass is 668 g/mol. The minimum atomic E-state index is -0.784. The van der Waals surface area contributed by atoms with Gasteiger partial charge in [0, 0.05) is 13.2 Å². The number of carbonyl (C=O) groups is 2. The lowest BCUT2D eigenvalue weighted by molar-refractivity contribution is -0.186. The molecule has 11 heteroatoms. The molecule has 0 bridgehead atoms. The van der Waals surface area contributed by atoms with Gasteiger partial charge in [0.2, 0.25) is 5.91 Å². The highest BCUT2D eigenvalue weighted by atomic mass is 32.1. The van der Waals surface area contributed by atoms with Gasteiger partial charge in [0.25, 0.3) is 0 Å². The van der Waals surface area contributed by atoms with Crippen LogP contribution in [0.2, 0.25) is 0 Å². The lowest BCUT2D eigenvalue weighted by Gasteiger charge is -2.32. The molecule has 0 spiro atoms. The zero-order valence-corrected chi connectivity index (χ0v) is 29.6. The SMILES string of the molecule is CCOC(CN(Cc1cccc2sc(NC(=O)OC(C)(C)C)nc12)C(=O)[C@@H](N)Cc1ccc(OCC(C)C)cc1)OC1CCCCC1. The highest BCUT2D eigenvalue weighted by Gasteiger charge is 2.28. The molecular weight excluding hydrogens is 616 g/mol. The summed E-state index contributed by atoms with van der Waals surface area (Å²) in [7, 11) is 0. The Morgan fingerprint density at radius 3 is 2.47 bits per heavy atom. The van der Waals surface area contributed by atoms with E-state index in [2.05, 4.69) is 19.2 Å². The van der Waals surface area contributed by atoms with Crippen molar-refractivity contribution >= 4 is 38.7 Å². The fraction of sp³-hybridized carbons (Fsp3) is 0.583. The Kier molecular flexibility index (Phi) is 13.4. The summed E-state index contributed by atoms with van der Waals surface area (Å²) in [4.78, 5) is 33.0. The molecule has 1 heterocycles. The molecular formula is C36H52N4O6S. The summed E-state index contributed by atoms with van der Waals surface area (Å²) in [5.41, 5.74) is 8.46. The van der Waals surface area contributed by atoms with Crippen LogP contribution in [0.4, 0.5) is 9.93 Å². The molecule has 3 aromatic rings. The first-order valence-corrected chi connectivity index (χ1v) is 17.6. The number of anilines is 1. The molecule has 258 valence electrons. The van der Waals surface area contributed by atoms with Crippen LogP contribution in [0.25, 0.3) is 10.2 Å². The molecule has 0 radical (unpaired) electrons. The van der Waals surface area contributed by atoms with Crippen LogP contribution < -0.4 is 15.8 Å². The van der Waals surface area contributed by atoms with E-state index in [1.165, 1.54) is 17.8 Å². The van der Waals surface area contributed by atoms with E-state index < -0.39 is 24.0 Å². The number of ether oxygens (including phenoxy) is 4. The highest BCUT2D eigenvalue weighted by molar-refractivity contribution is 7.22. The Labute approximate surface area is 283 Å². The van der Waals surface area contributed by atoms with Gasteiger partial charge in [-0.15, -0.1) is 0 Å². The lowest BCUT2D eigenvalue weighted by Crippen LogP contribution is -2.48. The molecule has 1 fully saturated rings. The van der Waals surface area contributed by atoms with Gasteiger partial charge in [0.05, 0.1) is 35.5 Å². The number of amides is 2. The quantitative estimate of drug-likeness (QED) is 0.162. The van der Waals surface area contributed by atoms with Gasteiger partial charge in [0.15, 0.2) is 11.4 Å². The highest BCUT2D eigenvalue weighted by Crippen LogP contribution is 2.30. The number of nitrogens with zero attached hydrogens (tertiary/aromatic N) is 2. The summed E-state index contributed by atoms with van der Waals surface area (Å²) >= 11 is 1.35. The summed E-state index contributed by atoms with van der Waals surface area (Å²) < 4.78 is 24.6. The van der Waals surface area contributed by atoms with Crippen molar-refractivity contribution in [2.75, 3.05) is 25.1 Å². The van der Waals surface area contributed by atoms with Gasteiger partial charge in [-0.05, 0) is 82.2 Å². The lowest BCUT2D eigenvalue weighted by atomic mass is 9.98. The molecule has 1 aromatic heterocycles. The van der Waals surface area contributed by atoms with Crippen molar-refractivity contribution in [3.8, 4) is 5.75 Å². The number of benzene rings is 2. The Hall–Kier alpha value is -3.25. The average molecular weight is 669 g/mol. The second-order valence-corrected chi connectivity index (χ2v) is 14.6. The summed E-state index contributed by atoms with van der Waals surface area (Å²) in [6.45, 7) is 13.1. The van der Waals surface area contributed by atoms with Crippen molar-refractivity contribution < 1.29 is 28.5 Å². The third-order valence-electron chi connectivity index (χ3n) is 7.68. The van der Waals surface area contributed by atoms with Crippen molar-refractivity contribution in [1.82, 2.24) is 9.88 Å². The number of fused-ring (bicyclic) bond motifs is 1. The Bertz CT molecular complexity index is 1430. The van der Waals surface area contributed by atoms with Crippen LogP contribution in [0.5, 0.6) is 5.75 Å². The van der Waals surface area contributed by atoms with Crippen molar-refractivity contribution in [2.24, 2.45) is 11.7 Å². The standard InChI is InChI=1S/C36H52N4O6S/c1-7-43-31(45-28-13-9-8-10-14-28)22-40(33(41)29(37)20-25-16-18-27(19-17-25)44-23-24(2)3)21-26-12-11-15-30-32(26)38-34(47-30)39-35(42)46-36(4,5)6/h11-12,15-19,24,28-29,31H,7-10,13-14,20-23,37H2,1-6H3,(H,38,39,42)/t29-,31?/m0/s1. The molecule has 4 rings (SSSR count). The molecule has 3 N–H and O–H groups in total. The molecule has 1 unspecified atom stereocenters. The molecule has 1 saturated carbocycles. The minimum Gasteiger partial charge on any atom is -0.493 e. The summed E-state index contributed by atoms with van der Waals surface area (Å²) in [5.74, 6) is 1.01. The maximum atomic E-state index is 14.1. The van der Waals surface area contributed by atoms with Crippen LogP contribution in [0.3, 0.4) is 0 Å². The third-order valence-corrected chi connectivity index (χ3v) is 8.62. The Balaban J connectivity index is 1.55. The van der Waals surface area contributed by atoms with E-state index >= 15 is 0 Å². The smallest absolute Gasteiger partial charge is 0.413 e. The molecule has 2 amide bonds. The number of para-hydroxylation sites is 1. The van der Waals surface area contributed by atoms with Crippen LogP contribution >= 0.6 is 11.3 Å². The fourth-order valence-electron chi connectivity index (χ4n) is 5.49. The Morgan fingerprint density at radius 1 is 1.09 bits per heavy atom.